The number of aryl methyl sites for hydroxylation is 1. The number of benzene rings is 2. The van der Waals surface area contributed by atoms with Gasteiger partial charge in [-0.15, -0.1) is 0 Å². The number of ether oxygens (including phenoxy) is 2. The maximum Gasteiger partial charge on any atom is 0.338 e. The van der Waals surface area contributed by atoms with Gasteiger partial charge in [-0.1, -0.05) is 60.7 Å². The van der Waals surface area contributed by atoms with E-state index >= 15 is 0 Å². The first-order valence-electron chi connectivity index (χ1n) is 10.5. The lowest BCUT2D eigenvalue weighted by Gasteiger charge is -2.20. The van der Waals surface area contributed by atoms with Gasteiger partial charge in [0.2, 0.25) is 0 Å². The largest absolute Gasteiger partial charge is 0.462 e. The van der Waals surface area contributed by atoms with E-state index in [1.807, 2.05) is 42.5 Å². The number of aliphatic hydroxyl groups excluding tert-OH is 1. The first-order chi connectivity index (χ1) is 14.6. The molecular weight excluding hydrogens is 380 g/mol. The summed E-state index contributed by atoms with van der Waals surface area (Å²) in [5.74, 6) is -0.764. The molecule has 5 nitrogen and oxygen atoms in total. The summed E-state index contributed by atoms with van der Waals surface area (Å²) in [7, 11) is 0. The van der Waals surface area contributed by atoms with E-state index in [1.54, 1.807) is 30.3 Å². The summed E-state index contributed by atoms with van der Waals surface area (Å²) in [6, 6.07) is 18.9. The molecule has 2 fully saturated rings. The molecule has 4 rings (SSSR count). The van der Waals surface area contributed by atoms with Gasteiger partial charge in [-0.3, -0.25) is 4.79 Å². The van der Waals surface area contributed by atoms with Crippen LogP contribution < -0.4 is 0 Å². The Balaban J connectivity index is 1.41. The van der Waals surface area contributed by atoms with Crippen LogP contribution in [0, 0.1) is 11.8 Å². The summed E-state index contributed by atoms with van der Waals surface area (Å²) in [6.07, 6.45) is 4.65. The van der Waals surface area contributed by atoms with Gasteiger partial charge < -0.3 is 14.6 Å². The fraction of sp³-hybridized carbons (Fsp3) is 0.360. The van der Waals surface area contributed by atoms with Crippen LogP contribution in [0.25, 0.3) is 0 Å². The molecule has 2 aromatic rings. The normalized spacial score (nSPS) is 26.4. The molecule has 1 heterocycles. The maximum atomic E-state index is 12.5. The first-order valence-corrected chi connectivity index (χ1v) is 10.5. The minimum Gasteiger partial charge on any atom is -0.462 e. The third kappa shape index (κ3) is 4.79. The van der Waals surface area contributed by atoms with Crippen LogP contribution in [0.15, 0.2) is 72.8 Å². The van der Waals surface area contributed by atoms with E-state index < -0.39 is 6.10 Å². The molecule has 1 aliphatic heterocycles. The number of hydrogen-bond acceptors (Lipinski definition) is 5. The summed E-state index contributed by atoms with van der Waals surface area (Å²) in [6.45, 7) is 0. The van der Waals surface area contributed by atoms with Crippen molar-refractivity contribution in [3.05, 3.63) is 83.9 Å². The molecule has 0 spiro atoms. The zero-order chi connectivity index (χ0) is 20.9. The highest BCUT2D eigenvalue weighted by atomic mass is 16.6. The van der Waals surface area contributed by atoms with E-state index in [0.29, 0.717) is 24.8 Å². The SMILES string of the molecule is O=C1C[C@@H]2[C@@H](/C=C\[C@@H](O)CCc3ccccc3)[C@H](OC(=O)c3ccccc3)C[C@@H]2O1. The molecule has 2 aromatic carbocycles. The molecule has 1 N–H and O–H groups in total. The molecule has 0 aromatic heterocycles. The zero-order valence-electron chi connectivity index (χ0n) is 16.7. The molecule has 2 aliphatic rings. The van der Waals surface area contributed by atoms with E-state index in [9.17, 15) is 14.7 Å². The van der Waals surface area contributed by atoms with Crippen molar-refractivity contribution < 1.29 is 24.2 Å². The summed E-state index contributed by atoms with van der Waals surface area (Å²) in [4.78, 5) is 24.3. The Hall–Kier alpha value is -2.92. The van der Waals surface area contributed by atoms with Crippen molar-refractivity contribution in [2.75, 3.05) is 0 Å². The maximum absolute atomic E-state index is 12.5. The summed E-state index contributed by atoms with van der Waals surface area (Å²) in [5.41, 5.74) is 1.67. The molecule has 0 radical (unpaired) electrons. The van der Waals surface area contributed by atoms with Crippen LogP contribution in [0.1, 0.15) is 35.2 Å². The van der Waals surface area contributed by atoms with Crippen molar-refractivity contribution >= 4 is 11.9 Å². The minimum atomic E-state index is -0.604. The monoisotopic (exact) mass is 406 g/mol. The minimum absolute atomic E-state index is 0.0244. The van der Waals surface area contributed by atoms with Gasteiger partial charge in [0.05, 0.1) is 18.1 Å². The number of carbonyl (C=O) groups is 2. The Morgan fingerprint density at radius 2 is 1.83 bits per heavy atom. The average Bonchev–Trinajstić information content (AvgIpc) is 3.27. The Bertz CT molecular complexity index is 892. The van der Waals surface area contributed by atoms with Gasteiger partial charge in [0.15, 0.2) is 0 Å². The molecule has 0 bridgehead atoms. The van der Waals surface area contributed by atoms with Crippen molar-refractivity contribution in [2.24, 2.45) is 11.8 Å². The number of rotatable bonds is 7. The van der Waals surface area contributed by atoms with Crippen LogP contribution in [-0.2, 0) is 20.7 Å². The van der Waals surface area contributed by atoms with Crippen molar-refractivity contribution in [1.82, 2.24) is 0 Å². The van der Waals surface area contributed by atoms with Gasteiger partial charge in [-0.2, -0.15) is 0 Å². The summed E-state index contributed by atoms with van der Waals surface area (Å²) >= 11 is 0. The van der Waals surface area contributed by atoms with Crippen LogP contribution in [0.5, 0.6) is 0 Å². The predicted octanol–water partition coefficient (Wildman–Crippen LogP) is 3.71. The fourth-order valence-corrected chi connectivity index (χ4v) is 4.38. The van der Waals surface area contributed by atoms with E-state index in [1.165, 1.54) is 5.56 Å². The number of hydrogen-bond donors (Lipinski definition) is 1. The highest BCUT2D eigenvalue weighted by Crippen LogP contribution is 2.43. The molecule has 30 heavy (non-hydrogen) atoms. The van der Waals surface area contributed by atoms with E-state index in [2.05, 4.69) is 0 Å². The number of aliphatic hydroxyl groups is 1. The second kappa shape index (κ2) is 9.26. The van der Waals surface area contributed by atoms with Crippen molar-refractivity contribution in [2.45, 2.75) is 44.0 Å². The summed E-state index contributed by atoms with van der Waals surface area (Å²) in [5, 5.41) is 10.4. The Kier molecular flexibility index (Phi) is 6.29. The Morgan fingerprint density at radius 3 is 2.57 bits per heavy atom. The van der Waals surface area contributed by atoms with Gasteiger partial charge in [-0.25, -0.2) is 4.79 Å². The number of esters is 2. The lowest BCUT2D eigenvalue weighted by atomic mass is 9.91. The van der Waals surface area contributed by atoms with E-state index in [-0.39, 0.29) is 36.0 Å². The molecule has 5 heteroatoms. The van der Waals surface area contributed by atoms with E-state index in [0.717, 1.165) is 6.42 Å². The second-order valence-electron chi connectivity index (χ2n) is 8.00. The third-order valence-electron chi connectivity index (χ3n) is 5.95. The molecule has 0 amide bonds. The molecule has 1 aliphatic carbocycles. The standard InChI is InChI=1S/C25H26O5/c26-19(12-11-17-7-3-1-4-8-17)13-14-20-21-15-24(27)29-23(21)16-22(20)30-25(28)18-9-5-2-6-10-18/h1-10,13-14,19-23,26H,11-12,15-16H2/b14-13-/t19-,20+,21+,22+,23-/m0/s1. The van der Waals surface area contributed by atoms with Gasteiger partial charge in [0.25, 0.3) is 0 Å². The molecular formula is C25H26O5. The second-order valence-corrected chi connectivity index (χ2v) is 8.00. The molecule has 5 atom stereocenters. The van der Waals surface area contributed by atoms with Crippen molar-refractivity contribution in [3.63, 3.8) is 0 Å². The van der Waals surface area contributed by atoms with Crippen LogP contribution in [0.2, 0.25) is 0 Å². The molecule has 1 saturated carbocycles. The highest BCUT2D eigenvalue weighted by Gasteiger charge is 2.50. The lowest BCUT2D eigenvalue weighted by molar-refractivity contribution is -0.141. The Morgan fingerprint density at radius 1 is 1.13 bits per heavy atom. The first kappa shape index (κ1) is 20.4. The summed E-state index contributed by atoms with van der Waals surface area (Å²) < 4.78 is 11.2. The van der Waals surface area contributed by atoms with Crippen LogP contribution in [0.3, 0.4) is 0 Å². The third-order valence-corrected chi connectivity index (χ3v) is 5.95. The predicted molar refractivity (Wildman–Crippen MR) is 112 cm³/mol. The van der Waals surface area contributed by atoms with Crippen LogP contribution in [0.4, 0.5) is 0 Å². The van der Waals surface area contributed by atoms with Gasteiger partial charge in [0, 0.05) is 18.3 Å². The average molecular weight is 406 g/mol. The van der Waals surface area contributed by atoms with E-state index in [4.69, 9.17) is 9.47 Å². The van der Waals surface area contributed by atoms with Crippen LogP contribution in [-0.4, -0.2) is 35.4 Å². The van der Waals surface area contributed by atoms with Crippen molar-refractivity contribution in [1.29, 1.82) is 0 Å². The smallest absolute Gasteiger partial charge is 0.338 e. The lowest BCUT2D eigenvalue weighted by Crippen LogP contribution is -2.25. The highest BCUT2D eigenvalue weighted by molar-refractivity contribution is 5.89. The number of fused-ring (bicyclic) bond motifs is 1. The van der Waals surface area contributed by atoms with Gasteiger partial charge in [0.1, 0.15) is 12.2 Å². The van der Waals surface area contributed by atoms with Crippen LogP contribution >= 0.6 is 0 Å². The molecule has 156 valence electrons. The number of carbonyl (C=O) groups excluding carboxylic acids is 2. The zero-order valence-corrected chi connectivity index (χ0v) is 16.7. The quantitative estimate of drug-likeness (QED) is 0.561. The fourth-order valence-electron chi connectivity index (χ4n) is 4.38. The van der Waals surface area contributed by atoms with Gasteiger partial charge >= 0.3 is 11.9 Å². The molecule has 1 saturated heterocycles. The topological polar surface area (TPSA) is 72.8 Å². The van der Waals surface area contributed by atoms with Crippen molar-refractivity contribution in [3.8, 4) is 0 Å². The van der Waals surface area contributed by atoms with Gasteiger partial charge in [-0.05, 0) is 30.5 Å². The molecule has 0 unspecified atom stereocenters. The Labute approximate surface area is 176 Å².